The highest BCUT2D eigenvalue weighted by molar-refractivity contribution is 5.19. The van der Waals surface area contributed by atoms with E-state index in [2.05, 4.69) is 4.98 Å². The Morgan fingerprint density at radius 2 is 2.07 bits per heavy atom. The second kappa shape index (κ2) is 3.87. The SMILES string of the molecule is OC(c1ccncc1F)C1(O)CCCC1. The van der Waals surface area contributed by atoms with Crippen LogP contribution in [0.1, 0.15) is 37.4 Å². The molecule has 0 aliphatic heterocycles. The molecule has 1 saturated carbocycles. The summed E-state index contributed by atoms with van der Waals surface area (Å²) in [6.45, 7) is 0. The molecule has 1 aliphatic carbocycles. The number of hydrogen-bond donors (Lipinski definition) is 2. The van der Waals surface area contributed by atoms with Crippen molar-refractivity contribution in [1.82, 2.24) is 4.98 Å². The third kappa shape index (κ3) is 1.87. The first-order valence-electron chi connectivity index (χ1n) is 5.13. The summed E-state index contributed by atoms with van der Waals surface area (Å²) in [5, 5.41) is 20.0. The Balaban J connectivity index is 2.27. The largest absolute Gasteiger partial charge is 0.387 e. The summed E-state index contributed by atoms with van der Waals surface area (Å²) in [4.78, 5) is 3.61. The van der Waals surface area contributed by atoms with Gasteiger partial charge in [0.15, 0.2) is 0 Å². The van der Waals surface area contributed by atoms with Gasteiger partial charge in [0, 0.05) is 11.8 Å². The lowest BCUT2D eigenvalue weighted by Gasteiger charge is -2.28. The van der Waals surface area contributed by atoms with E-state index >= 15 is 0 Å². The number of rotatable bonds is 2. The number of aliphatic hydroxyl groups is 2. The maximum atomic E-state index is 13.3. The maximum absolute atomic E-state index is 13.3. The van der Waals surface area contributed by atoms with Crippen LogP contribution in [0.4, 0.5) is 4.39 Å². The average molecular weight is 211 g/mol. The zero-order chi connectivity index (χ0) is 10.9. The number of nitrogens with zero attached hydrogens (tertiary/aromatic N) is 1. The number of hydrogen-bond acceptors (Lipinski definition) is 3. The molecular weight excluding hydrogens is 197 g/mol. The van der Waals surface area contributed by atoms with E-state index in [1.807, 2.05) is 0 Å². The van der Waals surface area contributed by atoms with E-state index in [0.717, 1.165) is 19.0 Å². The molecule has 1 aromatic rings. The van der Waals surface area contributed by atoms with E-state index in [-0.39, 0.29) is 5.56 Å². The molecule has 1 atom stereocenters. The third-order valence-electron chi connectivity index (χ3n) is 3.08. The summed E-state index contributed by atoms with van der Waals surface area (Å²) < 4.78 is 13.3. The number of halogens is 1. The smallest absolute Gasteiger partial charge is 0.147 e. The van der Waals surface area contributed by atoms with Gasteiger partial charge in [0.2, 0.25) is 0 Å². The van der Waals surface area contributed by atoms with Crippen molar-refractivity contribution in [2.45, 2.75) is 37.4 Å². The minimum Gasteiger partial charge on any atom is -0.387 e. The van der Waals surface area contributed by atoms with Crippen molar-refractivity contribution in [2.24, 2.45) is 0 Å². The Bertz CT molecular complexity index is 350. The number of aliphatic hydroxyl groups excluding tert-OH is 1. The van der Waals surface area contributed by atoms with Crippen molar-refractivity contribution in [2.75, 3.05) is 0 Å². The van der Waals surface area contributed by atoms with Gasteiger partial charge in [0.05, 0.1) is 11.8 Å². The summed E-state index contributed by atoms with van der Waals surface area (Å²) in [7, 11) is 0. The fraction of sp³-hybridized carbons (Fsp3) is 0.545. The van der Waals surface area contributed by atoms with Crippen LogP contribution in [0, 0.1) is 5.82 Å². The zero-order valence-electron chi connectivity index (χ0n) is 8.36. The van der Waals surface area contributed by atoms with Crippen LogP contribution in [0.15, 0.2) is 18.5 Å². The Hall–Kier alpha value is -1.00. The fourth-order valence-corrected chi connectivity index (χ4v) is 2.16. The second-order valence-corrected chi connectivity index (χ2v) is 4.11. The highest BCUT2D eigenvalue weighted by atomic mass is 19.1. The predicted molar refractivity (Wildman–Crippen MR) is 52.6 cm³/mol. The summed E-state index contributed by atoms with van der Waals surface area (Å²) in [5.41, 5.74) is -1.03. The van der Waals surface area contributed by atoms with Gasteiger partial charge in [-0.1, -0.05) is 12.8 Å². The molecule has 0 saturated heterocycles. The van der Waals surface area contributed by atoms with Crippen LogP contribution in [0.25, 0.3) is 0 Å². The van der Waals surface area contributed by atoms with Crippen LogP contribution in [-0.2, 0) is 0 Å². The van der Waals surface area contributed by atoms with Crippen LogP contribution in [0.3, 0.4) is 0 Å². The molecule has 1 aromatic heterocycles. The van der Waals surface area contributed by atoms with Crippen LogP contribution < -0.4 is 0 Å². The Morgan fingerprint density at radius 1 is 1.40 bits per heavy atom. The fourth-order valence-electron chi connectivity index (χ4n) is 2.16. The Labute approximate surface area is 87.6 Å². The van der Waals surface area contributed by atoms with E-state index in [1.165, 1.54) is 12.3 Å². The summed E-state index contributed by atoms with van der Waals surface area (Å²) in [6.07, 6.45) is 4.12. The molecule has 0 bridgehead atoms. The summed E-state index contributed by atoms with van der Waals surface area (Å²) in [5.74, 6) is -0.565. The van der Waals surface area contributed by atoms with E-state index in [1.54, 1.807) is 0 Å². The van der Waals surface area contributed by atoms with Crippen molar-refractivity contribution in [3.8, 4) is 0 Å². The molecule has 0 radical (unpaired) electrons. The van der Waals surface area contributed by atoms with Crippen molar-refractivity contribution in [3.05, 3.63) is 29.8 Å². The van der Waals surface area contributed by atoms with E-state index in [9.17, 15) is 14.6 Å². The lowest BCUT2D eigenvalue weighted by Crippen LogP contribution is -2.33. The molecule has 3 nitrogen and oxygen atoms in total. The van der Waals surface area contributed by atoms with Gasteiger partial charge in [-0.25, -0.2) is 4.39 Å². The quantitative estimate of drug-likeness (QED) is 0.780. The zero-order valence-corrected chi connectivity index (χ0v) is 8.36. The molecule has 1 fully saturated rings. The molecule has 2 N–H and O–H groups in total. The Morgan fingerprint density at radius 3 is 2.67 bits per heavy atom. The van der Waals surface area contributed by atoms with Crippen molar-refractivity contribution >= 4 is 0 Å². The summed E-state index contributed by atoms with van der Waals surface area (Å²) >= 11 is 0. The van der Waals surface area contributed by atoms with Gasteiger partial charge in [-0.3, -0.25) is 4.98 Å². The highest BCUT2D eigenvalue weighted by Crippen LogP contribution is 2.40. The van der Waals surface area contributed by atoms with Gasteiger partial charge in [-0.2, -0.15) is 0 Å². The first kappa shape index (κ1) is 10.5. The van der Waals surface area contributed by atoms with Gasteiger partial charge in [0.1, 0.15) is 11.9 Å². The highest BCUT2D eigenvalue weighted by Gasteiger charge is 2.40. The van der Waals surface area contributed by atoms with E-state index in [0.29, 0.717) is 12.8 Å². The Kier molecular flexibility index (Phi) is 2.71. The molecule has 1 aliphatic rings. The molecule has 1 unspecified atom stereocenters. The third-order valence-corrected chi connectivity index (χ3v) is 3.08. The molecule has 4 heteroatoms. The van der Waals surface area contributed by atoms with Crippen LogP contribution in [-0.4, -0.2) is 20.8 Å². The minimum absolute atomic E-state index is 0.134. The lowest BCUT2D eigenvalue weighted by atomic mass is 9.90. The van der Waals surface area contributed by atoms with Crippen LogP contribution in [0.2, 0.25) is 0 Å². The van der Waals surface area contributed by atoms with E-state index < -0.39 is 17.5 Å². The molecular formula is C11H14FNO2. The maximum Gasteiger partial charge on any atom is 0.147 e. The van der Waals surface area contributed by atoms with Gasteiger partial charge in [0.25, 0.3) is 0 Å². The minimum atomic E-state index is -1.16. The molecule has 0 amide bonds. The van der Waals surface area contributed by atoms with Crippen LogP contribution in [0.5, 0.6) is 0 Å². The monoisotopic (exact) mass is 211 g/mol. The van der Waals surface area contributed by atoms with Gasteiger partial charge in [-0.05, 0) is 18.9 Å². The second-order valence-electron chi connectivity index (χ2n) is 4.11. The molecule has 0 aromatic carbocycles. The normalized spacial score (nSPS) is 21.5. The predicted octanol–water partition coefficient (Wildman–Crippen LogP) is 1.56. The molecule has 2 rings (SSSR count). The lowest BCUT2D eigenvalue weighted by molar-refractivity contribution is -0.0733. The molecule has 82 valence electrons. The van der Waals surface area contributed by atoms with Crippen LogP contribution >= 0.6 is 0 Å². The molecule has 1 heterocycles. The van der Waals surface area contributed by atoms with E-state index in [4.69, 9.17) is 0 Å². The van der Waals surface area contributed by atoms with Gasteiger partial charge < -0.3 is 10.2 Å². The molecule has 15 heavy (non-hydrogen) atoms. The topological polar surface area (TPSA) is 53.4 Å². The average Bonchev–Trinajstić information content (AvgIpc) is 2.66. The summed E-state index contributed by atoms with van der Waals surface area (Å²) in [6, 6.07) is 1.41. The van der Waals surface area contributed by atoms with Crippen molar-refractivity contribution in [1.29, 1.82) is 0 Å². The number of aromatic nitrogens is 1. The standard InChI is InChI=1S/C11H14FNO2/c12-9-7-13-6-3-8(9)10(14)11(15)4-1-2-5-11/h3,6-7,10,14-15H,1-2,4-5H2. The van der Waals surface area contributed by atoms with Gasteiger partial charge in [-0.15, -0.1) is 0 Å². The van der Waals surface area contributed by atoms with Crippen molar-refractivity contribution in [3.63, 3.8) is 0 Å². The molecule has 0 spiro atoms. The first-order valence-corrected chi connectivity index (χ1v) is 5.13. The first-order chi connectivity index (χ1) is 7.13. The number of pyridine rings is 1. The van der Waals surface area contributed by atoms with Gasteiger partial charge >= 0.3 is 0 Å². The van der Waals surface area contributed by atoms with Crippen molar-refractivity contribution < 1.29 is 14.6 Å².